The molecule has 2 atom stereocenters. The monoisotopic (exact) mass is 312 g/mol. The lowest BCUT2D eigenvalue weighted by molar-refractivity contribution is -0.385. The van der Waals surface area contributed by atoms with Crippen LogP contribution in [0.3, 0.4) is 0 Å². The molecule has 0 bridgehead atoms. The molecule has 0 aliphatic heterocycles. The Hall–Kier alpha value is -0.940. The number of rotatable bonds is 4. The van der Waals surface area contributed by atoms with Crippen molar-refractivity contribution in [3.63, 3.8) is 0 Å². The summed E-state index contributed by atoms with van der Waals surface area (Å²) < 4.78 is 0.743. The molecule has 1 aromatic rings. The highest BCUT2D eigenvalue weighted by molar-refractivity contribution is 9.10. The minimum absolute atomic E-state index is 0.183. The van der Waals surface area contributed by atoms with E-state index >= 15 is 0 Å². The van der Waals surface area contributed by atoms with Crippen LogP contribution >= 0.6 is 15.9 Å². The summed E-state index contributed by atoms with van der Waals surface area (Å²) in [6, 6.07) is 5.72. The second kappa shape index (κ2) is 5.80. The predicted octanol–water partition coefficient (Wildman–Crippen LogP) is 3.64. The summed E-state index contributed by atoms with van der Waals surface area (Å²) in [7, 11) is 0. The highest BCUT2D eigenvalue weighted by Crippen LogP contribution is 2.27. The van der Waals surface area contributed by atoms with Crippen LogP contribution in [0.2, 0.25) is 0 Å². The van der Waals surface area contributed by atoms with Gasteiger partial charge in [0.15, 0.2) is 0 Å². The van der Waals surface area contributed by atoms with Crippen molar-refractivity contribution in [2.45, 2.75) is 38.8 Å². The van der Waals surface area contributed by atoms with Gasteiger partial charge in [-0.3, -0.25) is 10.1 Å². The maximum absolute atomic E-state index is 11.0. The standard InChI is InChI=1S/C13H17BrN2O2/c1-9-3-2-4-12(9)15-8-10-5-6-11(14)7-13(10)16(17)18/h5-7,9,12,15H,2-4,8H2,1H3. The van der Waals surface area contributed by atoms with Gasteiger partial charge >= 0.3 is 0 Å². The van der Waals surface area contributed by atoms with Crippen LogP contribution in [0, 0.1) is 16.0 Å². The maximum Gasteiger partial charge on any atom is 0.275 e. The van der Waals surface area contributed by atoms with Gasteiger partial charge in [0, 0.05) is 28.7 Å². The van der Waals surface area contributed by atoms with Crippen molar-refractivity contribution < 1.29 is 4.92 Å². The van der Waals surface area contributed by atoms with E-state index in [0.29, 0.717) is 18.5 Å². The molecular formula is C13H17BrN2O2. The van der Waals surface area contributed by atoms with Crippen LogP contribution < -0.4 is 5.32 Å². The first kappa shape index (κ1) is 13.5. The molecule has 0 radical (unpaired) electrons. The lowest BCUT2D eigenvalue weighted by atomic mass is 10.1. The van der Waals surface area contributed by atoms with Crippen LogP contribution in [0.15, 0.2) is 22.7 Å². The van der Waals surface area contributed by atoms with Gasteiger partial charge in [0.25, 0.3) is 5.69 Å². The maximum atomic E-state index is 11.0. The molecule has 0 saturated heterocycles. The molecule has 1 fully saturated rings. The van der Waals surface area contributed by atoms with E-state index in [1.54, 1.807) is 6.07 Å². The summed E-state index contributed by atoms with van der Waals surface area (Å²) in [5, 5.41) is 14.4. The molecule has 4 nitrogen and oxygen atoms in total. The Morgan fingerprint density at radius 1 is 1.50 bits per heavy atom. The predicted molar refractivity (Wildman–Crippen MR) is 74.4 cm³/mol. The van der Waals surface area contributed by atoms with Crippen molar-refractivity contribution in [2.75, 3.05) is 0 Å². The first-order valence-corrected chi connectivity index (χ1v) is 7.03. The van der Waals surface area contributed by atoms with Crippen LogP contribution in [-0.4, -0.2) is 11.0 Å². The minimum Gasteiger partial charge on any atom is -0.309 e. The zero-order valence-corrected chi connectivity index (χ0v) is 11.9. The van der Waals surface area contributed by atoms with E-state index in [1.165, 1.54) is 19.3 Å². The van der Waals surface area contributed by atoms with E-state index in [4.69, 9.17) is 0 Å². The Morgan fingerprint density at radius 2 is 2.28 bits per heavy atom. The van der Waals surface area contributed by atoms with E-state index in [1.807, 2.05) is 12.1 Å². The number of hydrogen-bond acceptors (Lipinski definition) is 3. The second-order valence-corrected chi connectivity index (χ2v) is 5.84. The van der Waals surface area contributed by atoms with Gasteiger partial charge in [-0.15, -0.1) is 0 Å². The molecule has 98 valence electrons. The van der Waals surface area contributed by atoms with Crippen molar-refractivity contribution in [1.82, 2.24) is 5.32 Å². The summed E-state index contributed by atoms with van der Waals surface area (Å²) in [6.07, 6.45) is 3.67. The van der Waals surface area contributed by atoms with Gasteiger partial charge in [0.05, 0.1) is 4.92 Å². The van der Waals surface area contributed by atoms with E-state index in [-0.39, 0.29) is 10.6 Å². The second-order valence-electron chi connectivity index (χ2n) is 4.93. The molecule has 1 aromatic carbocycles. The third-order valence-electron chi connectivity index (χ3n) is 3.66. The molecular weight excluding hydrogens is 296 g/mol. The summed E-state index contributed by atoms with van der Waals surface area (Å²) in [5.74, 6) is 0.666. The first-order chi connectivity index (χ1) is 8.58. The number of nitrogens with zero attached hydrogens (tertiary/aromatic N) is 1. The molecule has 0 amide bonds. The van der Waals surface area contributed by atoms with Crippen molar-refractivity contribution >= 4 is 21.6 Å². The minimum atomic E-state index is -0.320. The molecule has 5 heteroatoms. The van der Waals surface area contributed by atoms with Gasteiger partial charge in [-0.05, 0) is 30.9 Å². The van der Waals surface area contributed by atoms with Crippen LogP contribution in [0.25, 0.3) is 0 Å². The summed E-state index contributed by atoms with van der Waals surface area (Å²) in [4.78, 5) is 10.7. The van der Waals surface area contributed by atoms with Crippen molar-refractivity contribution in [1.29, 1.82) is 0 Å². The Bertz CT molecular complexity index is 451. The van der Waals surface area contributed by atoms with Gasteiger partial charge in [-0.25, -0.2) is 0 Å². The van der Waals surface area contributed by atoms with Gasteiger partial charge < -0.3 is 5.32 Å². The van der Waals surface area contributed by atoms with Gasteiger partial charge in [0.2, 0.25) is 0 Å². The average Bonchev–Trinajstić information content (AvgIpc) is 2.73. The zero-order valence-electron chi connectivity index (χ0n) is 10.4. The van der Waals surface area contributed by atoms with Crippen molar-refractivity contribution in [3.8, 4) is 0 Å². The summed E-state index contributed by atoms with van der Waals surface area (Å²) >= 11 is 3.27. The lowest BCUT2D eigenvalue weighted by Gasteiger charge is -2.17. The van der Waals surface area contributed by atoms with Gasteiger partial charge in [-0.1, -0.05) is 29.3 Å². The SMILES string of the molecule is CC1CCCC1NCc1ccc(Br)cc1[N+](=O)[O-]. The molecule has 1 N–H and O–H groups in total. The molecule has 0 spiro atoms. The van der Waals surface area contributed by atoms with Crippen molar-refractivity contribution in [2.24, 2.45) is 5.92 Å². The molecule has 1 saturated carbocycles. The van der Waals surface area contributed by atoms with Crippen LogP contribution in [0.1, 0.15) is 31.7 Å². The average molecular weight is 313 g/mol. The van der Waals surface area contributed by atoms with Gasteiger partial charge in [-0.2, -0.15) is 0 Å². The van der Waals surface area contributed by atoms with Gasteiger partial charge in [0.1, 0.15) is 0 Å². The summed E-state index contributed by atoms with van der Waals surface area (Å²) in [5.41, 5.74) is 0.935. The fourth-order valence-electron chi connectivity index (χ4n) is 2.55. The summed E-state index contributed by atoms with van der Waals surface area (Å²) in [6.45, 7) is 2.80. The number of hydrogen-bond donors (Lipinski definition) is 1. The molecule has 0 aromatic heterocycles. The highest BCUT2D eigenvalue weighted by Gasteiger charge is 2.23. The lowest BCUT2D eigenvalue weighted by Crippen LogP contribution is -2.30. The topological polar surface area (TPSA) is 55.2 Å². The first-order valence-electron chi connectivity index (χ1n) is 6.24. The van der Waals surface area contributed by atoms with E-state index < -0.39 is 0 Å². The van der Waals surface area contributed by atoms with Crippen LogP contribution in [0.5, 0.6) is 0 Å². The molecule has 1 aliphatic rings. The molecule has 1 aliphatic carbocycles. The highest BCUT2D eigenvalue weighted by atomic mass is 79.9. The molecule has 18 heavy (non-hydrogen) atoms. The number of benzene rings is 1. The van der Waals surface area contributed by atoms with E-state index in [9.17, 15) is 10.1 Å². The van der Waals surface area contributed by atoms with Crippen LogP contribution in [-0.2, 0) is 6.54 Å². The Kier molecular flexibility index (Phi) is 4.35. The molecule has 0 heterocycles. The van der Waals surface area contributed by atoms with Crippen LogP contribution in [0.4, 0.5) is 5.69 Å². The normalized spacial score (nSPS) is 23.2. The number of nitro groups is 1. The Morgan fingerprint density at radius 3 is 2.89 bits per heavy atom. The van der Waals surface area contributed by atoms with E-state index in [0.717, 1.165) is 10.0 Å². The number of nitro benzene ring substituents is 1. The number of halogens is 1. The Balaban J connectivity index is 2.06. The largest absolute Gasteiger partial charge is 0.309 e. The molecule has 2 rings (SSSR count). The quantitative estimate of drug-likeness (QED) is 0.682. The third kappa shape index (κ3) is 3.09. The number of nitrogens with one attached hydrogen (secondary N) is 1. The molecule has 2 unspecified atom stereocenters. The fourth-order valence-corrected chi connectivity index (χ4v) is 2.90. The smallest absolute Gasteiger partial charge is 0.275 e. The van der Waals surface area contributed by atoms with Crippen molar-refractivity contribution in [3.05, 3.63) is 38.3 Å². The fraction of sp³-hybridized carbons (Fsp3) is 0.538. The zero-order chi connectivity index (χ0) is 13.1. The third-order valence-corrected chi connectivity index (χ3v) is 4.15. The van der Waals surface area contributed by atoms with E-state index in [2.05, 4.69) is 28.2 Å². The Labute approximate surface area is 115 Å².